The van der Waals surface area contributed by atoms with Crippen LogP contribution in [0.15, 0.2) is 0 Å². The second-order valence-corrected chi connectivity index (χ2v) is 2.75. The van der Waals surface area contributed by atoms with Gasteiger partial charge in [-0.3, -0.25) is 9.59 Å². The smallest absolute Gasteiger partial charge is 0.240 e. The fourth-order valence-corrected chi connectivity index (χ4v) is 0.868. The standard InChI is InChI=1S/C8H16N3O2/c1-6(12)11-7(8(10)13)4-2-3-5-9/h4,7H,2-3,5,9H2,1H3,(H2,10,13)(H,11,12). The van der Waals surface area contributed by atoms with Gasteiger partial charge in [-0.15, -0.1) is 0 Å². The number of hydrogen-bond acceptors (Lipinski definition) is 3. The Balaban J connectivity index is 3.81. The molecular formula is C8H16N3O2. The van der Waals surface area contributed by atoms with E-state index in [0.717, 1.165) is 6.42 Å². The zero-order valence-corrected chi connectivity index (χ0v) is 7.75. The minimum Gasteiger partial charge on any atom is -0.368 e. The molecule has 5 heteroatoms. The van der Waals surface area contributed by atoms with Crippen LogP contribution in [0.4, 0.5) is 0 Å². The summed E-state index contributed by atoms with van der Waals surface area (Å²) in [6.07, 6.45) is 3.12. The second kappa shape index (κ2) is 6.42. The van der Waals surface area contributed by atoms with E-state index < -0.39 is 11.9 Å². The van der Waals surface area contributed by atoms with Crippen molar-refractivity contribution < 1.29 is 9.59 Å². The van der Waals surface area contributed by atoms with Crippen LogP contribution >= 0.6 is 0 Å². The SMILES string of the molecule is CC(=O)NC([CH]CCCN)C(N)=O. The van der Waals surface area contributed by atoms with E-state index in [1.165, 1.54) is 6.92 Å². The van der Waals surface area contributed by atoms with Crippen LogP contribution in [0.2, 0.25) is 0 Å². The van der Waals surface area contributed by atoms with Crippen LogP contribution in [-0.4, -0.2) is 24.4 Å². The first-order chi connectivity index (χ1) is 6.07. The molecule has 5 nitrogen and oxygen atoms in total. The van der Waals surface area contributed by atoms with E-state index >= 15 is 0 Å². The lowest BCUT2D eigenvalue weighted by Crippen LogP contribution is -2.43. The molecule has 2 amide bonds. The first-order valence-electron chi connectivity index (χ1n) is 4.17. The Morgan fingerprint density at radius 2 is 2.15 bits per heavy atom. The zero-order chi connectivity index (χ0) is 10.3. The molecule has 0 spiro atoms. The van der Waals surface area contributed by atoms with E-state index in [9.17, 15) is 9.59 Å². The lowest BCUT2D eigenvalue weighted by molar-refractivity contribution is -0.125. The number of carbonyl (C=O) groups is 2. The predicted molar refractivity (Wildman–Crippen MR) is 49.4 cm³/mol. The van der Waals surface area contributed by atoms with Gasteiger partial charge in [0.05, 0.1) is 0 Å². The van der Waals surface area contributed by atoms with E-state index in [0.29, 0.717) is 13.0 Å². The molecule has 1 unspecified atom stereocenters. The summed E-state index contributed by atoms with van der Waals surface area (Å²) in [4.78, 5) is 21.4. The number of nitrogens with one attached hydrogen (secondary N) is 1. The number of rotatable bonds is 6. The van der Waals surface area contributed by atoms with Crippen molar-refractivity contribution in [2.24, 2.45) is 11.5 Å². The van der Waals surface area contributed by atoms with Gasteiger partial charge < -0.3 is 16.8 Å². The molecule has 0 aliphatic heterocycles. The maximum Gasteiger partial charge on any atom is 0.240 e. The van der Waals surface area contributed by atoms with Crippen molar-refractivity contribution in [2.45, 2.75) is 25.8 Å². The zero-order valence-electron chi connectivity index (χ0n) is 7.75. The molecule has 0 rings (SSSR count). The van der Waals surface area contributed by atoms with E-state index in [4.69, 9.17) is 11.5 Å². The lowest BCUT2D eigenvalue weighted by Gasteiger charge is -2.12. The number of nitrogens with two attached hydrogens (primary N) is 2. The molecule has 0 aliphatic carbocycles. The molecule has 0 aromatic carbocycles. The Morgan fingerprint density at radius 3 is 2.54 bits per heavy atom. The molecule has 0 aromatic rings. The summed E-state index contributed by atoms with van der Waals surface area (Å²) in [5, 5.41) is 2.43. The van der Waals surface area contributed by atoms with Crippen LogP contribution in [0.3, 0.4) is 0 Å². The van der Waals surface area contributed by atoms with Gasteiger partial charge in [0, 0.05) is 6.92 Å². The average molecular weight is 186 g/mol. The number of hydrogen-bond donors (Lipinski definition) is 3. The quantitative estimate of drug-likeness (QED) is 0.460. The van der Waals surface area contributed by atoms with Gasteiger partial charge in [-0.25, -0.2) is 0 Å². The third kappa shape index (κ3) is 6.10. The van der Waals surface area contributed by atoms with E-state index in [-0.39, 0.29) is 5.91 Å². The van der Waals surface area contributed by atoms with Crippen molar-refractivity contribution in [3.8, 4) is 0 Å². The second-order valence-electron chi connectivity index (χ2n) is 2.75. The van der Waals surface area contributed by atoms with Gasteiger partial charge >= 0.3 is 0 Å². The molecule has 1 atom stereocenters. The van der Waals surface area contributed by atoms with Crippen molar-refractivity contribution in [3.63, 3.8) is 0 Å². The summed E-state index contributed by atoms with van der Waals surface area (Å²) < 4.78 is 0. The highest BCUT2D eigenvalue weighted by molar-refractivity contribution is 5.86. The van der Waals surface area contributed by atoms with Crippen molar-refractivity contribution >= 4 is 11.8 Å². The molecule has 0 fully saturated rings. The normalized spacial score (nSPS) is 12.2. The molecule has 0 bridgehead atoms. The Morgan fingerprint density at radius 1 is 1.54 bits per heavy atom. The summed E-state index contributed by atoms with van der Waals surface area (Å²) >= 11 is 0. The maximum atomic E-state index is 10.8. The van der Waals surface area contributed by atoms with Crippen LogP contribution in [0.25, 0.3) is 0 Å². The van der Waals surface area contributed by atoms with Gasteiger partial charge in [0.1, 0.15) is 6.04 Å². The molecule has 75 valence electrons. The highest BCUT2D eigenvalue weighted by Gasteiger charge is 2.15. The molecule has 1 radical (unpaired) electrons. The molecule has 0 saturated heterocycles. The van der Waals surface area contributed by atoms with Gasteiger partial charge in [-0.1, -0.05) is 0 Å². The topological polar surface area (TPSA) is 98.2 Å². The average Bonchev–Trinajstić information content (AvgIpc) is 2.02. The first-order valence-corrected chi connectivity index (χ1v) is 4.17. The molecule has 13 heavy (non-hydrogen) atoms. The van der Waals surface area contributed by atoms with E-state index in [2.05, 4.69) is 5.32 Å². The van der Waals surface area contributed by atoms with Crippen LogP contribution < -0.4 is 16.8 Å². The predicted octanol–water partition coefficient (Wildman–Crippen LogP) is -1.08. The van der Waals surface area contributed by atoms with Crippen molar-refractivity contribution in [1.29, 1.82) is 0 Å². The molecule has 5 N–H and O–H groups in total. The fraction of sp³-hybridized carbons (Fsp3) is 0.625. The minimum absolute atomic E-state index is 0.271. The van der Waals surface area contributed by atoms with Crippen molar-refractivity contribution in [2.75, 3.05) is 6.54 Å². The summed E-state index contributed by atoms with van der Waals surface area (Å²) in [6.45, 7) is 1.90. The Labute approximate surface area is 77.8 Å². The van der Waals surface area contributed by atoms with Crippen LogP contribution in [0.1, 0.15) is 19.8 Å². The van der Waals surface area contributed by atoms with E-state index in [1.807, 2.05) is 0 Å². The van der Waals surface area contributed by atoms with Gasteiger partial charge in [0.2, 0.25) is 11.8 Å². The third-order valence-corrected chi connectivity index (χ3v) is 1.48. The fourth-order valence-electron chi connectivity index (χ4n) is 0.868. The maximum absolute atomic E-state index is 10.8. The van der Waals surface area contributed by atoms with E-state index in [1.54, 1.807) is 6.42 Å². The highest BCUT2D eigenvalue weighted by atomic mass is 16.2. The van der Waals surface area contributed by atoms with Crippen LogP contribution in [0.5, 0.6) is 0 Å². The van der Waals surface area contributed by atoms with Gasteiger partial charge in [-0.05, 0) is 25.8 Å². The lowest BCUT2D eigenvalue weighted by atomic mass is 10.1. The molecule has 0 saturated carbocycles. The van der Waals surface area contributed by atoms with Crippen LogP contribution in [-0.2, 0) is 9.59 Å². The number of primary amides is 1. The van der Waals surface area contributed by atoms with Crippen LogP contribution in [0, 0.1) is 6.42 Å². The monoisotopic (exact) mass is 186 g/mol. The highest BCUT2D eigenvalue weighted by Crippen LogP contribution is 1.97. The van der Waals surface area contributed by atoms with Crippen molar-refractivity contribution in [3.05, 3.63) is 6.42 Å². The third-order valence-electron chi connectivity index (χ3n) is 1.48. The Kier molecular flexibility index (Phi) is 5.88. The largest absolute Gasteiger partial charge is 0.368 e. The molecular weight excluding hydrogens is 170 g/mol. The van der Waals surface area contributed by atoms with Gasteiger partial charge in [0.15, 0.2) is 0 Å². The molecule has 0 aliphatic rings. The first kappa shape index (κ1) is 11.9. The minimum atomic E-state index is -0.677. The summed E-state index contributed by atoms with van der Waals surface area (Å²) in [5.41, 5.74) is 10.3. The summed E-state index contributed by atoms with van der Waals surface area (Å²) in [5.74, 6) is -0.819. The number of unbranched alkanes of at least 4 members (excludes halogenated alkanes) is 1. The number of amides is 2. The van der Waals surface area contributed by atoms with Gasteiger partial charge in [0.25, 0.3) is 0 Å². The van der Waals surface area contributed by atoms with Gasteiger partial charge in [-0.2, -0.15) is 0 Å². The molecule has 0 heterocycles. The summed E-state index contributed by atoms with van der Waals surface area (Å²) in [6, 6.07) is -0.677. The molecule has 0 aromatic heterocycles. The van der Waals surface area contributed by atoms with Crippen molar-refractivity contribution in [1.82, 2.24) is 5.32 Å². The number of carbonyl (C=O) groups excluding carboxylic acids is 2. The Bertz CT molecular complexity index is 182. The summed E-state index contributed by atoms with van der Waals surface area (Å²) in [7, 11) is 0. The Hall–Kier alpha value is -1.10.